The Kier molecular flexibility index (Phi) is 23.1. The molecule has 0 saturated carbocycles. The number of aromatic nitrogens is 12. The number of nitrogens with zero attached hydrogens (tertiary/aromatic N) is 6. The molecule has 12 aromatic carbocycles. The maximum atomic E-state index is 12.9. The van der Waals surface area contributed by atoms with Gasteiger partial charge in [-0.3, -0.25) is 30.6 Å². The molecule has 0 fully saturated rings. The lowest BCUT2D eigenvalue weighted by Gasteiger charge is -2.07. The van der Waals surface area contributed by atoms with Crippen LogP contribution in [0.3, 0.4) is 0 Å². The highest BCUT2D eigenvalue weighted by atomic mass is 35.5. The lowest BCUT2D eigenvalue weighted by Crippen LogP contribution is -2.04. The van der Waals surface area contributed by atoms with Crippen LogP contribution in [0.15, 0.2) is 266 Å². The number of carbonyl (C=O) groups is 6. The van der Waals surface area contributed by atoms with E-state index in [0.29, 0.717) is 38.4 Å². The van der Waals surface area contributed by atoms with Crippen LogP contribution in [0.25, 0.3) is 152 Å². The molecule has 8 heterocycles. The van der Waals surface area contributed by atoms with Gasteiger partial charge in [0.15, 0.2) is 0 Å². The van der Waals surface area contributed by atoms with Crippen LogP contribution >= 0.6 is 34.3 Å². The third kappa shape index (κ3) is 17.5. The van der Waals surface area contributed by atoms with Crippen LogP contribution in [0.5, 0.6) is 5.75 Å². The first kappa shape index (κ1) is 81.2. The Bertz CT molecular complexity index is 7390. The summed E-state index contributed by atoms with van der Waals surface area (Å²) in [5.41, 5.74) is 12.7. The third-order valence-electron chi connectivity index (χ3n) is 19.3. The Morgan fingerprint density at radius 2 is 0.713 bits per heavy atom. The number of alkyl halides is 3. The first-order chi connectivity index (χ1) is 58.8. The Morgan fingerprint density at radius 3 is 1.13 bits per heavy atom. The summed E-state index contributed by atoms with van der Waals surface area (Å²) in [6, 6.07) is 72.6. The van der Waals surface area contributed by atoms with Crippen LogP contribution in [0.4, 0.5) is 17.6 Å². The zero-order valence-corrected chi connectivity index (χ0v) is 65.2. The Balaban J connectivity index is 0.000000114. The van der Waals surface area contributed by atoms with E-state index in [1.807, 2.05) is 60.7 Å². The van der Waals surface area contributed by atoms with Gasteiger partial charge in [-0.15, -0.1) is 22.7 Å². The molecule has 0 spiro atoms. The molecule has 0 saturated heterocycles. The summed E-state index contributed by atoms with van der Waals surface area (Å²) in [4.78, 5) is 67.4. The number of halogens is 5. The van der Waals surface area contributed by atoms with Gasteiger partial charge in [-0.1, -0.05) is 84.4 Å². The molecule has 0 amide bonds. The molecule has 0 radical (unpaired) electrons. The van der Waals surface area contributed by atoms with Gasteiger partial charge in [0, 0.05) is 85.3 Å². The Labute approximate surface area is 696 Å². The summed E-state index contributed by atoms with van der Waals surface area (Å²) in [7, 11) is 1.60. The van der Waals surface area contributed by atoms with Crippen LogP contribution in [0.1, 0.15) is 67.7 Å². The normalized spacial score (nSPS) is 11.1. The van der Waals surface area contributed by atoms with Gasteiger partial charge in [-0.25, -0.2) is 33.2 Å². The predicted octanol–water partition coefficient (Wildman–Crippen LogP) is 21.8. The molecule has 122 heavy (non-hydrogen) atoms. The fourth-order valence-electron chi connectivity index (χ4n) is 13.3. The molecular weight excluding hydrogens is 1630 g/mol. The summed E-state index contributed by atoms with van der Waals surface area (Å²) < 4.78 is 58.8. The zero-order chi connectivity index (χ0) is 85.6. The number of H-pyrrole nitrogens is 6. The van der Waals surface area contributed by atoms with Gasteiger partial charge in [0.1, 0.15) is 28.6 Å². The van der Waals surface area contributed by atoms with Crippen molar-refractivity contribution in [1.29, 1.82) is 0 Å². The maximum absolute atomic E-state index is 12.9. The first-order valence-electron chi connectivity index (χ1n) is 36.4. The lowest BCUT2D eigenvalue weighted by molar-refractivity contribution is -0.137. The maximum Gasteiger partial charge on any atom is 0.416 e. The van der Waals surface area contributed by atoms with Crippen molar-refractivity contribution in [1.82, 2.24) is 61.2 Å². The van der Waals surface area contributed by atoms with Gasteiger partial charge in [-0.05, 0) is 193 Å². The van der Waals surface area contributed by atoms with E-state index in [1.54, 1.807) is 139 Å². The number of thiophene rings is 2. The number of carboxylic acids is 6. The minimum absolute atomic E-state index is 0.0436. The molecule has 8 aromatic heterocycles. The number of fused-ring (bicyclic) bond motifs is 8. The molecule has 32 heteroatoms. The van der Waals surface area contributed by atoms with E-state index in [9.17, 15) is 46.3 Å². The molecule has 20 aromatic rings. The minimum atomic E-state index is -4.45. The number of rotatable bonds is 13. The van der Waals surface area contributed by atoms with E-state index in [1.165, 1.54) is 63.3 Å². The van der Waals surface area contributed by atoms with Crippen molar-refractivity contribution < 1.29 is 81.7 Å². The number of ether oxygens (including phenoxy) is 1. The highest BCUT2D eigenvalue weighted by Crippen LogP contribution is 2.40. The summed E-state index contributed by atoms with van der Waals surface area (Å²) in [5.74, 6) is -5.47. The first-order valence-corrected chi connectivity index (χ1v) is 38.5. The highest BCUT2D eigenvalue weighted by molar-refractivity contribution is 7.22. The summed E-state index contributed by atoms with van der Waals surface area (Å²) in [5, 5.41) is 106. The van der Waals surface area contributed by atoms with Crippen molar-refractivity contribution in [3.8, 4) is 72.6 Å². The molecular formula is C90H59ClF4N12O13S2. The fourth-order valence-corrected chi connectivity index (χ4v) is 15.5. The van der Waals surface area contributed by atoms with Crippen molar-refractivity contribution in [2.45, 2.75) is 6.18 Å². The van der Waals surface area contributed by atoms with Gasteiger partial charge in [0.05, 0.1) is 101 Å². The summed E-state index contributed by atoms with van der Waals surface area (Å²) in [6.07, 6.45) is -4.45. The Morgan fingerprint density at radius 1 is 0.352 bits per heavy atom. The molecule has 0 atom stereocenters. The summed E-state index contributed by atoms with van der Waals surface area (Å²) in [6.45, 7) is 0. The number of carboxylic acid groups (broad SMARTS) is 6. The average molecular weight is 1690 g/mol. The molecule has 0 aliphatic heterocycles. The number of hydrogen-bond donors (Lipinski definition) is 12. The van der Waals surface area contributed by atoms with E-state index in [-0.39, 0.29) is 50.5 Å². The number of hydrogen-bond acceptors (Lipinski definition) is 15. The van der Waals surface area contributed by atoms with Gasteiger partial charge < -0.3 is 35.4 Å². The van der Waals surface area contributed by atoms with Crippen LogP contribution in [-0.4, -0.2) is 135 Å². The smallest absolute Gasteiger partial charge is 0.416 e. The van der Waals surface area contributed by atoms with Crippen LogP contribution < -0.4 is 4.74 Å². The second kappa shape index (κ2) is 34.7. The molecule has 0 bridgehead atoms. The molecule has 12 N–H and O–H groups in total. The highest BCUT2D eigenvalue weighted by Gasteiger charge is 2.31. The molecule has 0 aliphatic rings. The largest absolute Gasteiger partial charge is 0.497 e. The second-order valence-electron chi connectivity index (χ2n) is 26.9. The number of nitrogens with one attached hydrogen (secondary N) is 6. The summed E-state index contributed by atoms with van der Waals surface area (Å²) >= 11 is 9.28. The van der Waals surface area contributed by atoms with E-state index >= 15 is 0 Å². The molecule has 0 unspecified atom stereocenters. The average Bonchev–Trinajstić information content (AvgIpc) is 1.97. The van der Waals surface area contributed by atoms with Crippen molar-refractivity contribution in [3.63, 3.8) is 0 Å². The quantitative estimate of drug-likeness (QED) is 0.0477. The van der Waals surface area contributed by atoms with Gasteiger partial charge in [0.2, 0.25) is 0 Å². The van der Waals surface area contributed by atoms with Crippen molar-refractivity contribution in [2.24, 2.45) is 0 Å². The van der Waals surface area contributed by atoms with E-state index in [4.69, 9.17) is 47.0 Å². The Hall–Kier alpha value is -16.0. The van der Waals surface area contributed by atoms with Crippen LogP contribution in [0, 0.1) is 5.82 Å². The third-order valence-corrected chi connectivity index (χ3v) is 21.6. The topological polar surface area (TPSA) is 405 Å². The van der Waals surface area contributed by atoms with Crippen LogP contribution in [0.2, 0.25) is 5.02 Å². The van der Waals surface area contributed by atoms with Crippen molar-refractivity contribution >= 4 is 156 Å². The standard InChI is InChI=1S/2C16H10N2O2S.C15H9F3N2O2.C15H12N2O3.C14H9ClN2O2.C14H9FN2O2/c19-16(20)9-5-6-13-11(7-9)15(18-17-13)12-8-21-14-4-2-1-3-10(12)14;19-16(20)10-5-6-12-11(7-10)15(18-17-12)14-8-9-3-1-2-4-13(9)21-14;16-15(17,18)10-3-1-2-8(6-10)13-11-7-9(14(21)22)4-5-12(11)19-20-13;1-20-11-4-2-3-9(7-11)14-12-8-10(15(18)19)5-6-13(12)16-17-14;15-10-3-1-2-8(6-10)13-11-7-9(14(18)19)4-5-12(11)16-17-13;15-10-4-1-8(2-5-10)13-11-7-9(14(18)19)3-6-12(11)16-17-13/h2*1-8H,(H,17,18)(H,19,20);1-7H,(H,19,20)(H,21,22);2-8H,1H3,(H,16,17)(H,18,19);2*1-7H,(H,16,17)(H,18,19). The van der Waals surface area contributed by atoms with Crippen molar-refractivity contribution in [3.05, 3.63) is 316 Å². The number of methoxy groups -OCH3 is 1. The second-order valence-corrected chi connectivity index (χ2v) is 29.4. The number of aromatic carboxylic acids is 6. The van der Waals surface area contributed by atoms with Crippen LogP contribution in [-0.2, 0) is 6.18 Å². The lowest BCUT2D eigenvalue weighted by atomic mass is 10.0. The van der Waals surface area contributed by atoms with E-state index in [0.717, 1.165) is 111 Å². The minimum Gasteiger partial charge on any atom is -0.497 e. The SMILES string of the molecule is COc1cccc(-c2n[nH]c3ccc(C(=O)O)cc23)c1.O=C(O)c1ccc2[nH]nc(-c3cc4ccccc4s3)c2c1.O=C(O)c1ccc2[nH]nc(-c3ccc(F)cc3)c2c1.O=C(O)c1ccc2[nH]nc(-c3cccc(C(F)(F)F)c3)c2c1.O=C(O)c1ccc2[nH]nc(-c3cccc(Cl)c3)c2c1.O=C(O)c1ccc2[nH]nc(-c3csc4ccccc34)c2c1. The zero-order valence-electron chi connectivity index (χ0n) is 62.8. The van der Waals surface area contributed by atoms with Gasteiger partial charge in [0.25, 0.3) is 0 Å². The van der Waals surface area contributed by atoms with Gasteiger partial charge in [-0.2, -0.15) is 43.8 Å². The number of aromatic amines is 6. The molecule has 0 aliphatic carbocycles. The molecule has 604 valence electrons. The molecule has 20 rings (SSSR count). The van der Waals surface area contributed by atoms with Gasteiger partial charge >= 0.3 is 42.0 Å². The van der Waals surface area contributed by atoms with E-state index < -0.39 is 47.6 Å². The monoisotopic (exact) mass is 1690 g/mol. The van der Waals surface area contributed by atoms with E-state index in [2.05, 4.69) is 96.9 Å². The molecule has 25 nitrogen and oxygen atoms in total. The van der Waals surface area contributed by atoms with Crippen molar-refractivity contribution in [2.75, 3.05) is 7.11 Å². The predicted molar refractivity (Wildman–Crippen MR) is 458 cm³/mol. The number of benzene rings is 12. The fraction of sp³-hybridized carbons (Fsp3) is 0.0222.